The molecule has 35 heavy (non-hydrogen) atoms. The standard InChI is InChI=1S/C24H26F3N7O/c1-15-16-6-4-5-7-18(16)30-21(29-15)14-34-10-8-23(35-3,9-11-34)20-12-19(31-32-20)17-13-28-33(2)22(17)24(25,26)27/h4-7,12-13H,8-11,14H2,1-3H3,(H,31,32). The minimum absolute atomic E-state index is 0.0602. The Kier molecular flexibility index (Phi) is 5.84. The average Bonchev–Trinajstić information content (AvgIpc) is 3.47. The summed E-state index contributed by atoms with van der Waals surface area (Å²) in [5, 5.41) is 11.9. The number of benzene rings is 1. The first-order valence-electron chi connectivity index (χ1n) is 11.4. The van der Waals surface area contributed by atoms with Gasteiger partial charge in [-0.1, -0.05) is 18.2 Å². The summed E-state index contributed by atoms with van der Waals surface area (Å²) in [6, 6.07) is 9.59. The van der Waals surface area contributed by atoms with E-state index < -0.39 is 17.5 Å². The summed E-state index contributed by atoms with van der Waals surface area (Å²) in [5.74, 6) is 0.770. The van der Waals surface area contributed by atoms with Crippen LogP contribution in [0.4, 0.5) is 13.2 Å². The van der Waals surface area contributed by atoms with Crippen LogP contribution in [-0.4, -0.2) is 55.0 Å². The van der Waals surface area contributed by atoms with Crippen molar-refractivity contribution in [3.63, 3.8) is 0 Å². The molecule has 1 fully saturated rings. The number of hydrogen-bond acceptors (Lipinski definition) is 6. The summed E-state index contributed by atoms with van der Waals surface area (Å²) in [6.45, 7) is 4.04. The van der Waals surface area contributed by atoms with E-state index >= 15 is 0 Å². The molecule has 11 heteroatoms. The van der Waals surface area contributed by atoms with Gasteiger partial charge >= 0.3 is 6.18 Å². The number of para-hydroxylation sites is 1. The smallest absolute Gasteiger partial charge is 0.372 e. The Morgan fingerprint density at radius 3 is 2.60 bits per heavy atom. The number of hydrogen-bond donors (Lipinski definition) is 1. The Morgan fingerprint density at radius 2 is 1.89 bits per heavy atom. The van der Waals surface area contributed by atoms with Gasteiger partial charge in [-0.15, -0.1) is 0 Å². The van der Waals surface area contributed by atoms with E-state index in [1.165, 1.54) is 13.2 Å². The molecule has 3 aromatic heterocycles. The summed E-state index contributed by atoms with van der Waals surface area (Å²) in [4.78, 5) is 11.7. The molecule has 0 spiro atoms. The predicted octanol–water partition coefficient (Wildman–Crippen LogP) is 4.22. The molecular weight excluding hydrogens is 459 g/mol. The molecule has 0 amide bonds. The van der Waals surface area contributed by atoms with Crippen LogP contribution in [0.15, 0.2) is 36.5 Å². The van der Waals surface area contributed by atoms with Crippen molar-refractivity contribution in [3.05, 3.63) is 59.4 Å². The Bertz CT molecular complexity index is 1350. The molecule has 0 radical (unpaired) electrons. The summed E-state index contributed by atoms with van der Waals surface area (Å²) in [6.07, 6.45) is -2.04. The summed E-state index contributed by atoms with van der Waals surface area (Å²) >= 11 is 0. The van der Waals surface area contributed by atoms with Gasteiger partial charge in [-0.3, -0.25) is 14.7 Å². The second-order valence-corrected chi connectivity index (χ2v) is 8.91. The number of aromatic nitrogens is 6. The minimum atomic E-state index is -4.53. The lowest BCUT2D eigenvalue weighted by Crippen LogP contribution is -2.43. The zero-order valence-electron chi connectivity index (χ0n) is 19.7. The number of halogens is 3. The molecule has 1 aromatic carbocycles. The van der Waals surface area contributed by atoms with Crippen LogP contribution in [0.2, 0.25) is 0 Å². The maximum atomic E-state index is 13.5. The SMILES string of the molecule is COC1(c2cc(-c3cnn(C)c3C(F)(F)F)n[nH]2)CCN(Cc2nc(C)c3ccccc3n2)CC1. The van der Waals surface area contributed by atoms with E-state index in [2.05, 4.69) is 25.2 Å². The first kappa shape index (κ1) is 23.4. The van der Waals surface area contributed by atoms with Crippen LogP contribution in [0.25, 0.3) is 22.2 Å². The van der Waals surface area contributed by atoms with Gasteiger partial charge in [0.25, 0.3) is 0 Å². The van der Waals surface area contributed by atoms with Crippen molar-refractivity contribution in [2.45, 2.75) is 38.1 Å². The number of alkyl halides is 3. The van der Waals surface area contributed by atoms with E-state index in [1.807, 2.05) is 31.2 Å². The zero-order valence-corrected chi connectivity index (χ0v) is 19.7. The average molecular weight is 486 g/mol. The number of nitrogens with zero attached hydrogens (tertiary/aromatic N) is 6. The molecule has 0 unspecified atom stereocenters. The zero-order chi connectivity index (χ0) is 24.8. The van der Waals surface area contributed by atoms with E-state index in [4.69, 9.17) is 9.72 Å². The molecule has 8 nitrogen and oxygen atoms in total. The highest BCUT2D eigenvalue weighted by molar-refractivity contribution is 5.80. The van der Waals surface area contributed by atoms with Crippen molar-refractivity contribution < 1.29 is 17.9 Å². The maximum Gasteiger partial charge on any atom is 0.433 e. The van der Waals surface area contributed by atoms with E-state index in [9.17, 15) is 13.2 Å². The molecule has 1 saturated heterocycles. The van der Waals surface area contributed by atoms with E-state index in [0.717, 1.165) is 40.2 Å². The van der Waals surface area contributed by atoms with Crippen LogP contribution in [0.1, 0.15) is 35.7 Å². The lowest BCUT2D eigenvalue weighted by Gasteiger charge is -2.39. The van der Waals surface area contributed by atoms with Gasteiger partial charge < -0.3 is 4.74 Å². The van der Waals surface area contributed by atoms with Crippen molar-refractivity contribution in [1.29, 1.82) is 0 Å². The molecular formula is C24H26F3N7O. The maximum absolute atomic E-state index is 13.5. The number of fused-ring (bicyclic) bond motifs is 1. The Labute approximate surface area is 200 Å². The van der Waals surface area contributed by atoms with Gasteiger partial charge in [0, 0.05) is 38.3 Å². The molecule has 1 N–H and O–H groups in total. The Balaban J connectivity index is 1.33. The number of aromatic amines is 1. The lowest BCUT2D eigenvalue weighted by molar-refractivity contribution is -0.143. The van der Waals surface area contributed by atoms with Gasteiger partial charge in [-0.2, -0.15) is 23.4 Å². The first-order chi connectivity index (χ1) is 16.7. The molecule has 1 aliphatic heterocycles. The van der Waals surface area contributed by atoms with Gasteiger partial charge in [0.1, 0.15) is 11.4 Å². The van der Waals surface area contributed by atoms with Gasteiger partial charge in [-0.05, 0) is 31.9 Å². The van der Waals surface area contributed by atoms with Crippen molar-refractivity contribution in [3.8, 4) is 11.3 Å². The topological polar surface area (TPSA) is 84.8 Å². The minimum Gasteiger partial charge on any atom is -0.372 e. The van der Waals surface area contributed by atoms with Crippen LogP contribution in [0, 0.1) is 6.92 Å². The molecule has 5 rings (SSSR count). The molecule has 0 bridgehead atoms. The van der Waals surface area contributed by atoms with Gasteiger partial charge in [0.05, 0.1) is 35.2 Å². The second kappa shape index (κ2) is 8.72. The second-order valence-electron chi connectivity index (χ2n) is 8.91. The van der Waals surface area contributed by atoms with Crippen LogP contribution in [0.3, 0.4) is 0 Å². The van der Waals surface area contributed by atoms with E-state index in [1.54, 1.807) is 13.2 Å². The fourth-order valence-electron chi connectivity index (χ4n) is 4.88. The number of likely N-dealkylation sites (tertiary alicyclic amines) is 1. The number of methoxy groups -OCH3 is 1. The molecule has 4 aromatic rings. The highest BCUT2D eigenvalue weighted by Gasteiger charge is 2.41. The predicted molar refractivity (Wildman–Crippen MR) is 123 cm³/mol. The van der Waals surface area contributed by atoms with Gasteiger partial charge in [-0.25, -0.2) is 9.97 Å². The largest absolute Gasteiger partial charge is 0.433 e. The summed E-state index contributed by atoms with van der Waals surface area (Å²) in [7, 11) is 2.89. The Morgan fingerprint density at radius 1 is 1.14 bits per heavy atom. The molecule has 0 aliphatic carbocycles. The van der Waals surface area contributed by atoms with Crippen LogP contribution in [0.5, 0.6) is 0 Å². The number of nitrogens with one attached hydrogen (secondary N) is 1. The molecule has 1 aliphatic rings. The third-order valence-corrected chi connectivity index (χ3v) is 6.81. The third kappa shape index (κ3) is 4.30. The van der Waals surface area contributed by atoms with Crippen molar-refractivity contribution in [1.82, 2.24) is 34.8 Å². The number of aryl methyl sites for hydroxylation is 2. The van der Waals surface area contributed by atoms with Gasteiger partial charge in [0.2, 0.25) is 0 Å². The van der Waals surface area contributed by atoms with Gasteiger partial charge in [0.15, 0.2) is 5.69 Å². The van der Waals surface area contributed by atoms with E-state index in [0.29, 0.717) is 25.1 Å². The third-order valence-electron chi connectivity index (χ3n) is 6.81. The molecule has 0 saturated carbocycles. The monoisotopic (exact) mass is 485 g/mol. The number of H-pyrrole nitrogens is 1. The van der Waals surface area contributed by atoms with Crippen molar-refractivity contribution >= 4 is 10.9 Å². The molecule has 0 atom stereocenters. The Hall–Kier alpha value is -3.31. The summed E-state index contributed by atoms with van der Waals surface area (Å²) < 4.78 is 47.3. The fraction of sp³-hybridized carbons (Fsp3) is 0.417. The highest BCUT2D eigenvalue weighted by Crippen LogP contribution is 2.40. The van der Waals surface area contributed by atoms with Crippen molar-refractivity contribution in [2.75, 3.05) is 20.2 Å². The first-order valence-corrected chi connectivity index (χ1v) is 11.4. The number of piperidine rings is 1. The normalized spacial score (nSPS) is 16.7. The van der Waals surface area contributed by atoms with E-state index in [-0.39, 0.29) is 11.3 Å². The fourth-order valence-corrected chi connectivity index (χ4v) is 4.88. The lowest BCUT2D eigenvalue weighted by atomic mass is 9.87. The number of rotatable bonds is 5. The van der Waals surface area contributed by atoms with Crippen molar-refractivity contribution in [2.24, 2.45) is 7.05 Å². The summed E-state index contributed by atoms with van der Waals surface area (Å²) in [5.41, 5.74) is 1.17. The number of ether oxygens (including phenoxy) is 1. The highest BCUT2D eigenvalue weighted by atomic mass is 19.4. The molecule has 4 heterocycles. The quantitative estimate of drug-likeness (QED) is 0.456. The van der Waals surface area contributed by atoms with Crippen LogP contribution >= 0.6 is 0 Å². The van der Waals surface area contributed by atoms with Crippen LogP contribution < -0.4 is 0 Å². The molecule has 184 valence electrons. The van der Waals surface area contributed by atoms with Crippen LogP contribution in [-0.2, 0) is 30.1 Å².